The van der Waals surface area contributed by atoms with Gasteiger partial charge in [0, 0.05) is 11.7 Å². The summed E-state index contributed by atoms with van der Waals surface area (Å²) in [6, 6.07) is 9.96. The van der Waals surface area contributed by atoms with E-state index in [1.807, 2.05) is 37.3 Å². The topological polar surface area (TPSA) is 41.1 Å². The van der Waals surface area contributed by atoms with Crippen molar-refractivity contribution in [3.05, 3.63) is 30.3 Å². The Kier molecular flexibility index (Phi) is 4.68. The highest BCUT2D eigenvalue weighted by molar-refractivity contribution is 5.80. The Hall–Kier alpha value is -1.51. The van der Waals surface area contributed by atoms with Crippen LogP contribution in [-0.2, 0) is 4.79 Å². The summed E-state index contributed by atoms with van der Waals surface area (Å²) in [5.41, 5.74) is 0.969. The summed E-state index contributed by atoms with van der Waals surface area (Å²) in [6.45, 7) is 4.38. The van der Waals surface area contributed by atoms with E-state index in [1.165, 1.54) is 0 Å². The number of nitrogens with one attached hydrogen (secondary N) is 2. The molecule has 1 aromatic carbocycles. The minimum absolute atomic E-state index is 0.0354. The van der Waals surface area contributed by atoms with Crippen LogP contribution < -0.4 is 10.6 Å². The minimum atomic E-state index is 0.0354. The van der Waals surface area contributed by atoms with E-state index in [9.17, 15) is 4.79 Å². The maximum absolute atomic E-state index is 11.4. The molecule has 0 saturated carbocycles. The number of hydrogen-bond donors (Lipinski definition) is 2. The van der Waals surface area contributed by atoms with Gasteiger partial charge in [0.15, 0.2) is 0 Å². The molecule has 0 heterocycles. The van der Waals surface area contributed by atoms with Crippen LogP contribution in [0.3, 0.4) is 0 Å². The van der Waals surface area contributed by atoms with E-state index in [2.05, 4.69) is 17.6 Å². The molecule has 0 bridgehead atoms. The van der Waals surface area contributed by atoms with Gasteiger partial charge in [0.2, 0.25) is 5.91 Å². The quantitative estimate of drug-likeness (QED) is 0.773. The van der Waals surface area contributed by atoms with Crippen molar-refractivity contribution < 1.29 is 4.79 Å². The van der Waals surface area contributed by atoms with Gasteiger partial charge in [-0.05, 0) is 25.5 Å². The van der Waals surface area contributed by atoms with Crippen molar-refractivity contribution in [3.8, 4) is 0 Å². The minimum Gasteiger partial charge on any atom is -0.376 e. The molecule has 0 radical (unpaired) electrons. The summed E-state index contributed by atoms with van der Waals surface area (Å²) in [5, 5.41) is 5.96. The second kappa shape index (κ2) is 6.06. The number of rotatable bonds is 5. The highest BCUT2D eigenvalue weighted by Crippen LogP contribution is 2.03. The van der Waals surface area contributed by atoms with Gasteiger partial charge < -0.3 is 10.6 Å². The Morgan fingerprint density at radius 3 is 2.60 bits per heavy atom. The van der Waals surface area contributed by atoms with Crippen LogP contribution in [0.4, 0.5) is 5.69 Å². The van der Waals surface area contributed by atoms with Gasteiger partial charge in [0.25, 0.3) is 0 Å². The van der Waals surface area contributed by atoms with Crippen LogP contribution in [0.2, 0.25) is 0 Å². The number of hydrogen-bond acceptors (Lipinski definition) is 2. The zero-order valence-corrected chi connectivity index (χ0v) is 9.29. The number of amides is 1. The zero-order valence-electron chi connectivity index (χ0n) is 9.29. The van der Waals surface area contributed by atoms with Crippen molar-refractivity contribution in [2.75, 3.05) is 11.9 Å². The summed E-state index contributed by atoms with van der Waals surface area (Å²) in [6.07, 6.45) is 0.955. The van der Waals surface area contributed by atoms with Gasteiger partial charge in [-0.25, -0.2) is 0 Å². The fraction of sp³-hybridized carbons (Fsp3) is 0.417. The van der Waals surface area contributed by atoms with E-state index in [0.29, 0.717) is 6.54 Å². The Balaban J connectivity index is 2.29. The molecule has 2 N–H and O–H groups in total. The summed E-state index contributed by atoms with van der Waals surface area (Å²) in [4.78, 5) is 11.4. The third-order valence-corrected chi connectivity index (χ3v) is 2.25. The third-order valence-electron chi connectivity index (χ3n) is 2.25. The van der Waals surface area contributed by atoms with E-state index in [-0.39, 0.29) is 11.9 Å². The van der Waals surface area contributed by atoms with Crippen molar-refractivity contribution in [1.82, 2.24) is 5.32 Å². The lowest BCUT2D eigenvalue weighted by atomic mass is 10.2. The van der Waals surface area contributed by atoms with Crippen molar-refractivity contribution in [3.63, 3.8) is 0 Å². The Bertz CT molecular complexity index is 298. The monoisotopic (exact) mass is 206 g/mol. The van der Waals surface area contributed by atoms with Crippen LogP contribution in [0.5, 0.6) is 0 Å². The number of carbonyl (C=O) groups is 1. The molecule has 1 atom stereocenters. The molecule has 15 heavy (non-hydrogen) atoms. The first-order valence-electron chi connectivity index (χ1n) is 5.30. The molecule has 0 aliphatic rings. The van der Waals surface area contributed by atoms with Crippen LogP contribution in [0.25, 0.3) is 0 Å². The van der Waals surface area contributed by atoms with Gasteiger partial charge in [-0.1, -0.05) is 25.1 Å². The summed E-state index contributed by atoms with van der Waals surface area (Å²) in [5.74, 6) is 0.0354. The summed E-state index contributed by atoms with van der Waals surface area (Å²) in [7, 11) is 0. The largest absolute Gasteiger partial charge is 0.376 e. The standard InChI is InChI=1S/C12H18N2O/c1-3-10(2)14-12(15)9-13-11-7-5-4-6-8-11/h4-8,10,13H,3,9H2,1-2H3,(H,14,15). The van der Waals surface area contributed by atoms with E-state index in [4.69, 9.17) is 0 Å². The van der Waals surface area contributed by atoms with Crippen LogP contribution in [0.15, 0.2) is 30.3 Å². The molecule has 82 valence electrons. The molecule has 0 aliphatic heterocycles. The SMILES string of the molecule is CCC(C)NC(=O)CNc1ccccc1. The summed E-state index contributed by atoms with van der Waals surface area (Å²) >= 11 is 0. The molecule has 0 aromatic heterocycles. The molecule has 1 unspecified atom stereocenters. The predicted octanol–water partition coefficient (Wildman–Crippen LogP) is 2.01. The summed E-state index contributed by atoms with van der Waals surface area (Å²) < 4.78 is 0. The molecular formula is C12H18N2O. The molecule has 1 rings (SSSR count). The smallest absolute Gasteiger partial charge is 0.239 e. The Labute approximate surface area is 90.9 Å². The number of para-hydroxylation sites is 1. The Morgan fingerprint density at radius 1 is 1.33 bits per heavy atom. The fourth-order valence-corrected chi connectivity index (χ4v) is 1.17. The first-order valence-corrected chi connectivity index (χ1v) is 5.30. The molecule has 0 aliphatic carbocycles. The molecule has 3 nitrogen and oxygen atoms in total. The first kappa shape index (κ1) is 11.6. The lowest BCUT2D eigenvalue weighted by Gasteiger charge is -2.12. The highest BCUT2D eigenvalue weighted by atomic mass is 16.1. The van der Waals surface area contributed by atoms with Gasteiger partial charge in [-0.3, -0.25) is 4.79 Å². The maximum Gasteiger partial charge on any atom is 0.239 e. The van der Waals surface area contributed by atoms with E-state index in [1.54, 1.807) is 0 Å². The molecule has 1 amide bonds. The van der Waals surface area contributed by atoms with E-state index in [0.717, 1.165) is 12.1 Å². The second-order valence-corrected chi connectivity index (χ2v) is 3.60. The lowest BCUT2D eigenvalue weighted by Crippen LogP contribution is -2.36. The van der Waals surface area contributed by atoms with Crippen LogP contribution in [0, 0.1) is 0 Å². The van der Waals surface area contributed by atoms with E-state index < -0.39 is 0 Å². The van der Waals surface area contributed by atoms with E-state index >= 15 is 0 Å². The van der Waals surface area contributed by atoms with Crippen molar-refractivity contribution in [2.24, 2.45) is 0 Å². The van der Waals surface area contributed by atoms with Gasteiger partial charge in [-0.2, -0.15) is 0 Å². The van der Waals surface area contributed by atoms with Crippen LogP contribution in [-0.4, -0.2) is 18.5 Å². The van der Waals surface area contributed by atoms with Crippen LogP contribution >= 0.6 is 0 Å². The average molecular weight is 206 g/mol. The average Bonchev–Trinajstić information content (AvgIpc) is 2.27. The van der Waals surface area contributed by atoms with Gasteiger partial charge in [0.1, 0.15) is 0 Å². The molecular weight excluding hydrogens is 188 g/mol. The number of carbonyl (C=O) groups excluding carboxylic acids is 1. The lowest BCUT2D eigenvalue weighted by molar-refractivity contribution is -0.120. The van der Waals surface area contributed by atoms with Crippen molar-refractivity contribution in [1.29, 1.82) is 0 Å². The predicted molar refractivity (Wildman–Crippen MR) is 62.8 cm³/mol. The van der Waals surface area contributed by atoms with Crippen molar-refractivity contribution >= 4 is 11.6 Å². The number of benzene rings is 1. The Morgan fingerprint density at radius 2 is 2.00 bits per heavy atom. The number of anilines is 1. The molecule has 0 fully saturated rings. The second-order valence-electron chi connectivity index (χ2n) is 3.60. The van der Waals surface area contributed by atoms with Crippen LogP contribution in [0.1, 0.15) is 20.3 Å². The van der Waals surface area contributed by atoms with Gasteiger partial charge >= 0.3 is 0 Å². The van der Waals surface area contributed by atoms with Gasteiger partial charge in [-0.15, -0.1) is 0 Å². The normalized spacial score (nSPS) is 11.9. The molecule has 0 saturated heterocycles. The molecule has 3 heteroatoms. The molecule has 0 spiro atoms. The molecule has 1 aromatic rings. The third kappa shape index (κ3) is 4.49. The maximum atomic E-state index is 11.4. The van der Waals surface area contributed by atoms with Crippen molar-refractivity contribution in [2.45, 2.75) is 26.3 Å². The fourth-order valence-electron chi connectivity index (χ4n) is 1.17. The first-order chi connectivity index (χ1) is 7.22. The highest BCUT2D eigenvalue weighted by Gasteiger charge is 2.04. The zero-order chi connectivity index (χ0) is 11.1. The van der Waals surface area contributed by atoms with Gasteiger partial charge in [0.05, 0.1) is 6.54 Å².